The molecule has 26 heavy (non-hydrogen) atoms. The Morgan fingerprint density at radius 1 is 1.19 bits per heavy atom. The van der Waals surface area contributed by atoms with Gasteiger partial charge in [0.1, 0.15) is 11.6 Å². The molecule has 3 aromatic rings. The van der Waals surface area contributed by atoms with Gasteiger partial charge in [-0.2, -0.15) is 0 Å². The Morgan fingerprint density at radius 2 is 1.96 bits per heavy atom. The summed E-state index contributed by atoms with van der Waals surface area (Å²) in [7, 11) is 0. The van der Waals surface area contributed by atoms with Crippen LogP contribution in [0.15, 0.2) is 52.9 Å². The quantitative estimate of drug-likeness (QED) is 0.707. The van der Waals surface area contributed by atoms with Gasteiger partial charge >= 0.3 is 0 Å². The zero-order valence-corrected chi connectivity index (χ0v) is 14.5. The lowest BCUT2D eigenvalue weighted by Gasteiger charge is -2.29. The van der Waals surface area contributed by atoms with Gasteiger partial charge in [-0.25, -0.2) is 9.37 Å². The lowest BCUT2D eigenvalue weighted by Crippen LogP contribution is -2.36. The molecule has 0 atom stereocenters. The molecule has 0 radical (unpaired) electrons. The van der Waals surface area contributed by atoms with Crippen LogP contribution in [-0.4, -0.2) is 17.4 Å². The summed E-state index contributed by atoms with van der Waals surface area (Å²) < 4.78 is 19.6. The fraction of sp³-hybridized carbons (Fsp3) is 0.238. The van der Waals surface area contributed by atoms with Crippen molar-refractivity contribution >= 4 is 11.6 Å². The highest BCUT2D eigenvalue weighted by Crippen LogP contribution is 2.28. The first kappa shape index (κ1) is 16.5. The van der Waals surface area contributed by atoms with Crippen molar-refractivity contribution in [1.29, 1.82) is 0 Å². The van der Waals surface area contributed by atoms with Crippen molar-refractivity contribution in [3.63, 3.8) is 0 Å². The molecule has 0 spiro atoms. The number of hydrogen-bond acceptors (Lipinski definition) is 3. The van der Waals surface area contributed by atoms with Gasteiger partial charge in [0.25, 0.3) is 0 Å². The van der Waals surface area contributed by atoms with Gasteiger partial charge in [-0.15, -0.1) is 0 Å². The van der Waals surface area contributed by atoms with E-state index in [1.807, 2.05) is 23.1 Å². The highest BCUT2D eigenvalue weighted by molar-refractivity contribution is 5.95. The van der Waals surface area contributed by atoms with Crippen molar-refractivity contribution < 1.29 is 13.6 Å². The number of fused-ring (bicyclic) bond motifs is 1. The smallest absolute Gasteiger partial charge is 0.233 e. The second kappa shape index (κ2) is 6.75. The first-order chi connectivity index (χ1) is 12.6. The monoisotopic (exact) mass is 350 g/mol. The number of carbonyl (C=O) groups is 1. The standard InChI is InChI=1S/C21H19FN2O2/c1-14-18(23-21(26-14)16-9-3-4-10-17(16)22)13-20(25)24-12-6-8-15-7-2-5-11-19(15)24/h2-5,7,9-11H,6,8,12-13H2,1H3. The minimum absolute atomic E-state index is 0.0198. The van der Waals surface area contributed by atoms with E-state index in [0.717, 1.165) is 18.5 Å². The third-order valence-electron chi connectivity index (χ3n) is 4.73. The number of aromatic nitrogens is 1. The topological polar surface area (TPSA) is 46.3 Å². The third kappa shape index (κ3) is 3.01. The summed E-state index contributed by atoms with van der Waals surface area (Å²) in [4.78, 5) is 19.1. The van der Waals surface area contributed by atoms with E-state index < -0.39 is 5.82 Å². The molecule has 0 aliphatic carbocycles. The zero-order chi connectivity index (χ0) is 18.1. The molecule has 1 aliphatic heterocycles. The van der Waals surface area contributed by atoms with Crippen LogP contribution < -0.4 is 4.90 Å². The molecule has 0 fully saturated rings. The van der Waals surface area contributed by atoms with Gasteiger partial charge in [0.05, 0.1) is 17.7 Å². The van der Waals surface area contributed by atoms with E-state index in [4.69, 9.17) is 4.42 Å². The Balaban J connectivity index is 1.59. The van der Waals surface area contributed by atoms with Gasteiger partial charge in [-0.3, -0.25) is 4.79 Å². The van der Waals surface area contributed by atoms with Crippen LogP contribution in [0.3, 0.4) is 0 Å². The molecular formula is C21H19FN2O2. The van der Waals surface area contributed by atoms with Crippen molar-refractivity contribution in [1.82, 2.24) is 4.98 Å². The van der Waals surface area contributed by atoms with Crippen molar-refractivity contribution in [2.24, 2.45) is 0 Å². The summed E-state index contributed by atoms with van der Waals surface area (Å²) in [6.07, 6.45) is 2.07. The SMILES string of the molecule is Cc1oc(-c2ccccc2F)nc1CC(=O)N1CCCc2ccccc21. The van der Waals surface area contributed by atoms with Crippen LogP contribution in [0.2, 0.25) is 0 Å². The maximum absolute atomic E-state index is 14.0. The summed E-state index contributed by atoms with van der Waals surface area (Å²) in [5.41, 5.74) is 3.02. The average molecular weight is 350 g/mol. The number of aryl methyl sites for hydroxylation is 2. The molecule has 0 N–H and O–H groups in total. The first-order valence-corrected chi connectivity index (χ1v) is 8.73. The number of halogens is 1. The maximum atomic E-state index is 14.0. The van der Waals surface area contributed by atoms with E-state index in [1.54, 1.807) is 25.1 Å². The first-order valence-electron chi connectivity index (χ1n) is 8.73. The largest absolute Gasteiger partial charge is 0.441 e. The molecule has 1 amide bonds. The molecule has 0 saturated heterocycles. The van der Waals surface area contributed by atoms with Crippen LogP contribution in [-0.2, 0) is 17.6 Å². The van der Waals surface area contributed by atoms with Gasteiger partial charge in [0.2, 0.25) is 11.8 Å². The molecule has 1 aromatic heterocycles. The Hall–Kier alpha value is -2.95. The predicted molar refractivity (Wildman–Crippen MR) is 97.5 cm³/mol. The maximum Gasteiger partial charge on any atom is 0.233 e. The molecule has 5 heteroatoms. The Morgan fingerprint density at radius 3 is 2.81 bits per heavy atom. The predicted octanol–water partition coefficient (Wildman–Crippen LogP) is 4.31. The summed E-state index contributed by atoms with van der Waals surface area (Å²) in [5, 5.41) is 0. The van der Waals surface area contributed by atoms with E-state index in [1.165, 1.54) is 11.6 Å². The fourth-order valence-corrected chi connectivity index (χ4v) is 3.37. The zero-order valence-electron chi connectivity index (χ0n) is 14.5. The number of para-hydroxylation sites is 1. The molecule has 0 saturated carbocycles. The van der Waals surface area contributed by atoms with Crippen molar-refractivity contribution in [2.75, 3.05) is 11.4 Å². The van der Waals surface area contributed by atoms with E-state index in [2.05, 4.69) is 11.1 Å². The van der Waals surface area contributed by atoms with Gasteiger partial charge < -0.3 is 9.32 Å². The van der Waals surface area contributed by atoms with Crippen molar-refractivity contribution in [2.45, 2.75) is 26.2 Å². The summed E-state index contributed by atoms with van der Waals surface area (Å²) in [6, 6.07) is 14.3. The Kier molecular flexibility index (Phi) is 4.29. The molecular weight excluding hydrogens is 331 g/mol. The molecule has 1 aliphatic rings. The summed E-state index contributed by atoms with van der Waals surface area (Å²) >= 11 is 0. The van der Waals surface area contributed by atoms with Gasteiger partial charge in [-0.05, 0) is 43.5 Å². The molecule has 2 heterocycles. The van der Waals surface area contributed by atoms with Crippen LogP contribution >= 0.6 is 0 Å². The Labute approximate surface area is 151 Å². The number of amides is 1. The number of carbonyl (C=O) groups excluding carboxylic acids is 1. The van der Waals surface area contributed by atoms with Crippen LogP contribution in [0.5, 0.6) is 0 Å². The third-order valence-corrected chi connectivity index (χ3v) is 4.73. The van der Waals surface area contributed by atoms with Gasteiger partial charge in [0, 0.05) is 12.2 Å². The second-order valence-corrected chi connectivity index (χ2v) is 6.46. The van der Waals surface area contributed by atoms with Gasteiger partial charge in [-0.1, -0.05) is 30.3 Å². The molecule has 132 valence electrons. The molecule has 4 nitrogen and oxygen atoms in total. The minimum atomic E-state index is -0.392. The van der Waals surface area contributed by atoms with Crippen LogP contribution in [0, 0.1) is 12.7 Å². The number of nitrogens with zero attached hydrogens (tertiary/aromatic N) is 2. The number of hydrogen-bond donors (Lipinski definition) is 0. The summed E-state index contributed by atoms with van der Waals surface area (Å²) in [5.74, 6) is 0.342. The Bertz CT molecular complexity index is 964. The minimum Gasteiger partial charge on any atom is -0.441 e. The molecule has 4 rings (SSSR count). The van der Waals surface area contributed by atoms with E-state index in [-0.39, 0.29) is 18.2 Å². The molecule has 0 unspecified atom stereocenters. The molecule has 2 aromatic carbocycles. The number of anilines is 1. The van der Waals surface area contributed by atoms with E-state index >= 15 is 0 Å². The van der Waals surface area contributed by atoms with E-state index in [0.29, 0.717) is 23.6 Å². The second-order valence-electron chi connectivity index (χ2n) is 6.46. The van der Waals surface area contributed by atoms with Crippen molar-refractivity contribution in [3.05, 3.63) is 71.4 Å². The number of oxazole rings is 1. The van der Waals surface area contributed by atoms with Gasteiger partial charge in [0.15, 0.2) is 0 Å². The highest BCUT2D eigenvalue weighted by atomic mass is 19.1. The van der Waals surface area contributed by atoms with Crippen LogP contribution in [0.25, 0.3) is 11.5 Å². The van der Waals surface area contributed by atoms with Crippen LogP contribution in [0.1, 0.15) is 23.4 Å². The van der Waals surface area contributed by atoms with E-state index in [9.17, 15) is 9.18 Å². The normalized spacial score (nSPS) is 13.5. The fourth-order valence-electron chi connectivity index (χ4n) is 3.37. The summed E-state index contributed by atoms with van der Waals surface area (Å²) in [6.45, 7) is 2.46. The molecule has 0 bridgehead atoms. The lowest BCUT2D eigenvalue weighted by molar-refractivity contribution is -0.118. The lowest BCUT2D eigenvalue weighted by atomic mass is 10.0. The number of rotatable bonds is 3. The van der Waals surface area contributed by atoms with Crippen molar-refractivity contribution in [3.8, 4) is 11.5 Å². The van der Waals surface area contributed by atoms with Crippen LogP contribution in [0.4, 0.5) is 10.1 Å². The number of benzene rings is 2. The highest BCUT2D eigenvalue weighted by Gasteiger charge is 2.24. The average Bonchev–Trinajstić information content (AvgIpc) is 3.01.